The van der Waals surface area contributed by atoms with Crippen molar-refractivity contribution in [3.8, 4) is 22.9 Å². The molecule has 9 nitrogen and oxygen atoms in total. The molecule has 2 atom stereocenters. The summed E-state index contributed by atoms with van der Waals surface area (Å²) in [5.74, 6) is 0.0175. The summed E-state index contributed by atoms with van der Waals surface area (Å²) in [6, 6.07) is 7.87. The molecule has 5 heterocycles. The molecule has 1 saturated carbocycles. The van der Waals surface area contributed by atoms with E-state index in [1.165, 1.54) is 16.2 Å². The average molecular weight is 489 g/mol. The molecule has 2 amide bonds. The van der Waals surface area contributed by atoms with Crippen molar-refractivity contribution >= 4 is 33.4 Å². The van der Waals surface area contributed by atoms with Crippen LogP contribution >= 0.6 is 11.3 Å². The molecular formula is C25H24N6O3S. The number of likely N-dealkylation sites (tertiary alicyclic amines) is 1. The molecule has 178 valence electrons. The van der Waals surface area contributed by atoms with E-state index >= 15 is 0 Å². The van der Waals surface area contributed by atoms with Crippen molar-refractivity contribution in [1.82, 2.24) is 25.7 Å². The van der Waals surface area contributed by atoms with E-state index in [4.69, 9.17) is 4.84 Å². The Labute approximate surface area is 206 Å². The minimum atomic E-state index is -0.225. The normalized spacial score (nSPS) is 22.7. The molecule has 0 spiro atoms. The largest absolute Gasteiger partial charge is 0.406 e. The summed E-state index contributed by atoms with van der Waals surface area (Å²) < 4.78 is 0.900. The third kappa shape index (κ3) is 3.42. The summed E-state index contributed by atoms with van der Waals surface area (Å²) in [5, 5.41) is 12.7. The number of thiophene rings is 1. The van der Waals surface area contributed by atoms with Gasteiger partial charge in [0.2, 0.25) is 11.8 Å². The van der Waals surface area contributed by atoms with Crippen LogP contribution in [0.1, 0.15) is 30.1 Å². The molecule has 2 saturated heterocycles. The van der Waals surface area contributed by atoms with Crippen LogP contribution in [0.5, 0.6) is 5.75 Å². The van der Waals surface area contributed by atoms with Crippen molar-refractivity contribution in [3.63, 3.8) is 0 Å². The van der Waals surface area contributed by atoms with Crippen LogP contribution in [-0.2, 0) is 16.1 Å². The maximum absolute atomic E-state index is 12.8. The third-order valence-corrected chi connectivity index (χ3v) is 8.47. The Morgan fingerprint density at radius 3 is 2.66 bits per heavy atom. The highest BCUT2D eigenvalue weighted by Crippen LogP contribution is 2.63. The van der Waals surface area contributed by atoms with Crippen molar-refractivity contribution in [1.29, 1.82) is 5.26 Å². The minimum Gasteiger partial charge on any atom is -0.406 e. The lowest BCUT2D eigenvalue weighted by atomic mass is 10.0. The topological polar surface area (TPSA) is 120 Å². The van der Waals surface area contributed by atoms with Gasteiger partial charge in [0.25, 0.3) is 0 Å². The van der Waals surface area contributed by atoms with E-state index in [0.29, 0.717) is 17.1 Å². The van der Waals surface area contributed by atoms with Crippen LogP contribution < -0.4 is 15.6 Å². The van der Waals surface area contributed by atoms with Gasteiger partial charge >= 0.3 is 0 Å². The number of carbonyl (C=O) groups excluding carboxylic acids is 2. The molecule has 2 unspecified atom stereocenters. The fraction of sp³-hybridized carbons (Fsp3) is 0.400. The maximum atomic E-state index is 12.8. The van der Waals surface area contributed by atoms with Gasteiger partial charge in [-0.05, 0) is 30.5 Å². The zero-order valence-electron chi connectivity index (χ0n) is 19.6. The summed E-state index contributed by atoms with van der Waals surface area (Å²) in [6.07, 6.45) is 1.72. The summed E-state index contributed by atoms with van der Waals surface area (Å²) in [6.45, 7) is 7.66. The highest BCUT2D eigenvalue weighted by molar-refractivity contribution is 7.19. The first-order valence-corrected chi connectivity index (χ1v) is 12.4. The number of nitrogens with one attached hydrogen (secondary N) is 2. The molecule has 3 fully saturated rings. The van der Waals surface area contributed by atoms with E-state index < -0.39 is 0 Å². The van der Waals surface area contributed by atoms with Crippen LogP contribution in [0.25, 0.3) is 21.3 Å². The monoisotopic (exact) mass is 488 g/mol. The van der Waals surface area contributed by atoms with Gasteiger partial charge in [0.05, 0.1) is 40.3 Å². The lowest BCUT2D eigenvalue weighted by molar-refractivity contribution is -0.143. The fourth-order valence-corrected chi connectivity index (χ4v) is 6.28. The Morgan fingerprint density at radius 2 is 2.00 bits per heavy atom. The van der Waals surface area contributed by atoms with E-state index in [9.17, 15) is 14.9 Å². The highest BCUT2D eigenvalue weighted by atomic mass is 32.1. The van der Waals surface area contributed by atoms with Gasteiger partial charge in [0.1, 0.15) is 11.8 Å². The predicted molar refractivity (Wildman–Crippen MR) is 129 cm³/mol. The van der Waals surface area contributed by atoms with Crippen LogP contribution in [0.3, 0.4) is 0 Å². The molecule has 35 heavy (non-hydrogen) atoms. The number of hydroxylamine groups is 1. The van der Waals surface area contributed by atoms with Crippen LogP contribution in [0.2, 0.25) is 0 Å². The van der Waals surface area contributed by atoms with Gasteiger partial charge in [-0.2, -0.15) is 10.7 Å². The molecule has 1 aliphatic carbocycles. The second kappa shape index (κ2) is 7.81. The Morgan fingerprint density at radius 1 is 1.26 bits per heavy atom. The number of amides is 2. The molecule has 2 N–H and O–H groups in total. The molecule has 3 aromatic heterocycles. The SMILES string of the molecule is Cc1nc(C#N)cc(-c2ccnc3cc(CN4C(=O)C5C(C4=O)C5(C)C)sc23)c1ONC1CNC1. The Balaban J connectivity index is 1.36. The first-order chi connectivity index (χ1) is 16.8. The van der Waals surface area contributed by atoms with Gasteiger partial charge in [-0.3, -0.25) is 19.5 Å². The molecule has 10 heteroatoms. The Hall–Kier alpha value is -3.39. The van der Waals surface area contributed by atoms with Crippen LogP contribution in [0.4, 0.5) is 0 Å². The van der Waals surface area contributed by atoms with Crippen molar-refractivity contribution in [2.24, 2.45) is 17.3 Å². The van der Waals surface area contributed by atoms with E-state index in [0.717, 1.165) is 39.3 Å². The molecule has 2 aliphatic heterocycles. The lowest BCUT2D eigenvalue weighted by Crippen LogP contribution is -2.56. The van der Waals surface area contributed by atoms with E-state index in [-0.39, 0.29) is 41.7 Å². The smallest absolute Gasteiger partial charge is 0.234 e. The van der Waals surface area contributed by atoms with Gasteiger partial charge in [-0.1, -0.05) is 13.8 Å². The zero-order valence-corrected chi connectivity index (χ0v) is 20.4. The van der Waals surface area contributed by atoms with E-state index in [2.05, 4.69) is 26.8 Å². The van der Waals surface area contributed by atoms with Crippen molar-refractivity contribution in [2.75, 3.05) is 13.1 Å². The van der Waals surface area contributed by atoms with Crippen molar-refractivity contribution in [3.05, 3.63) is 40.7 Å². The lowest BCUT2D eigenvalue weighted by Gasteiger charge is -2.28. The Bertz CT molecular complexity index is 1410. The summed E-state index contributed by atoms with van der Waals surface area (Å²) >= 11 is 1.50. The number of piperidine rings is 1. The van der Waals surface area contributed by atoms with Crippen LogP contribution in [-0.4, -0.2) is 45.8 Å². The molecule has 0 bridgehead atoms. The number of nitriles is 1. The molecule has 3 aliphatic rings. The number of hydrogen-bond acceptors (Lipinski definition) is 9. The predicted octanol–water partition coefficient (Wildman–Crippen LogP) is 2.53. The zero-order chi connectivity index (χ0) is 24.5. The number of nitrogens with zero attached hydrogens (tertiary/aromatic N) is 4. The van der Waals surface area contributed by atoms with Gasteiger partial charge < -0.3 is 10.2 Å². The average Bonchev–Trinajstić information content (AvgIpc) is 3.04. The fourth-order valence-electron chi connectivity index (χ4n) is 5.15. The molecule has 0 aromatic carbocycles. The molecule has 0 radical (unpaired) electrons. The van der Waals surface area contributed by atoms with Gasteiger partial charge in [0.15, 0.2) is 5.75 Å². The van der Waals surface area contributed by atoms with Crippen LogP contribution in [0, 0.1) is 35.5 Å². The summed E-state index contributed by atoms with van der Waals surface area (Å²) in [5.41, 5.74) is 6.12. The molecule has 3 aromatic rings. The highest BCUT2D eigenvalue weighted by Gasteiger charge is 2.72. The number of aromatic nitrogens is 2. The van der Waals surface area contributed by atoms with Gasteiger partial charge in [-0.25, -0.2) is 4.98 Å². The number of hydrogen-bond donors (Lipinski definition) is 2. The first kappa shape index (κ1) is 22.1. The maximum Gasteiger partial charge on any atom is 0.234 e. The number of fused-ring (bicyclic) bond motifs is 2. The minimum absolute atomic E-state index is 0.0775. The second-order valence-electron chi connectivity index (χ2n) is 9.98. The second-order valence-corrected chi connectivity index (χ2v) is 11.1. The standard InChI is InChI=1S/C25H24N6O3S/c1-12-21(34-30-14-9-27-10-14)17(6-13(8-26)29-12)16-4-5-28-18-7-15(35-22(16)18)11-31-23(32)19-20(24(31)33)25(19,2)3/h4-7,14,19-20,27,30H,9-11H2,1-3H3. The first-order valence-electron chi connectivity index (χ1n) is 11.6. The number of rotatable bonds is 6. The third-order valence-electron chi connectivity index (χ3n) is 7.32. The molecular weight excluding hydrogens is 464 g/mol. The molecule has 6 rings (SSSR count). The van der Waals surface area contributed by atoms with Gasteiger partial charge in [0, 0.05) is 35.3 Å². The Kier molecular flexibility index (Phi) is 4.93. The van der Waals surface area contributed by atoms with Crippen molar-refractivity contribution in [2.45, 2.75) is 33.4 Å². The number of aryl methyl sites for hydroxylation is 1. The van der Waals surface area contributed by atoms with Crippen molar-refractivity contribution < 1.29 is 14.4 Å². The van der Waals surface area contributed by atoms with E-state index in [1.54, 1.807) is 12.3 Å². The van der Waals surface area contributed by atoms with Gasteiger partial charge in [-0.15, -0.1) is 11.3 Å². The van der Waals surface area contributed by atoms with Crippen LogP contribution in [0.15, 0.2) is 24.4 Å². The summed E-state index contributed by atoms with van der Waals surface area (Å²) in [7, 11) is 0. The number of imide groups is 1. The summed E-state index contributed by atoms with van der Waals surface area (Å²) in [4.78, 5) is 42.8. The number of pyridine rings is 2. The van der Waals surface area contributed by atoms with E-state index in [1.807, 2.05) is 32.9 Å². The quantitative estimate of drug-likeness (QED) is 0.401. The number of carbonyl (C=O) groups is 2.